The van der Waals surface area contributed by atoms with Crippen LogP contribution >= 0.6 is 45.2 Å². The van der Waals surface area contributed by atoms with Gasteiger partial charge in [-0.2, -0.15) is 0 Å². The fourth-order valence-corrected chi connectivity index (χ4v) is 7.66. The largest absolute Gasteiger partial charge is 0.480 e. The van der Waals surface area contributed by atoms with E-state index >= 15 is 0 Å². The van der Waals surface area contributed by atoms with Crippen LogP contribution < -0.4 is 4.74 Å². The van der Waals surface area contributed by atoms with Gasteiger partial charge in [-0.15, -0.1) is 0 Å². The molecule has 5 heteroatoms. The zero-order valence-corrected chi connectivity index (χ0v) is 19.3. The number of ether oxygens (including phenoxy) is 2. The zero-order valence-electron chi connectivity index (χ0n) is 15.0. The van der Waals surface area contributed by atoms with Crippen LogP contribution in [0.2, 0.25) is 0 Å². The average molecular weight is 578 g/mol. The first-order valence-corrected chi connectivity index (χ1v) is 11.5. The van der Waals surface area contributed by atoms with Crippen LogP contribution in [-0.4, -0.2) is 18.2 Å². The molecule has 0 unspecified atom stereocenters. The summed E-state index contributed by atoms with van der Waals surface area (Å²) in [5.74, 6) is 3.33. The lowest BCUT2D eigenvalue weighted by atomic mass is 9.50. The van der Waals surface area contributed by atoms with Crippen LogP contribution in [0.3, 0.4) is 0 Å². The summed E-state index contributed by atoms with van der Waals surface area (Å²) in [5, 5.41) is 0. The van der Waals surface area contributed by atoms with Gasteiger partial charge in [-0.05, 0) is 126 Å². The van der Waals surface area contributed by atoms with Crippen molar-refractivity contribution in [2.75, 3.05) is 6.61 Å². The Kier molecular flexibility index (Phi) is 5.31. The Morgan fingerprint density at radius 3 is 2.19 bits per heavy atom. The van der Waals surface area contributed by atoms with Gasteiger partial charge >= 0.3 is 5.97 Å². The third-order valence-corrected chi connectivity index (χ3v) is 8.29. The lowest BCUT2D eigenvalue weighted by molar-refractivity contribution is -0.204. The Morgan fingerprint density at radius 1 is 1.15 bits per heavy atom. The van der Waals surface area contributed by atoms with Crippen molar-refractivity contribution in [3.63, 3.8) is 0 Å². The summed E-state index contributed by atoms with van der Waals surface area (Å²) in [6.07, 6.45) is 8.15. The standard InChI is InChI=1S/C21H24I2O3/c1-3-12-9-17(22)20(18(23)10-12)25-11-19(24)26-21(2)15-5-13-4-14(7-15)8-16(21)6-13/h3,9-10,13-16H,1,4-8,11H2,2H3. The second-order valence-corrected chi connectivity index (χ2v) is 10.6. The van der Waals surface area contributed by atoms with Crippen molar-refractivity contribution in [1.29, 1.82) is 0 Å². The summed E-state index contributed by atoms with van der Waals surface area (Å²) in [6, 6.07) is 4.02. The van der Waals surface area contributed by atoms with Gasteiger partial charge in [0.05, 0.1) is 7.14 Å². The van der Waals surface area contributed by atoms with Gasteiger partial charge in [0.1, 0.15) is 11.4 Å². The number of benzene rings is 1. The number of carbonyl (C=O) groups is 1. The van der Waals surface area contributed by atoms with Crippen molar-refractivity contribution in [1.82, 2.24) is 0 Å². The third kappa shape index (κ3) is 3.42. The van der Waals surface area contributed by atoms with Crippen LogP contribution in [0.25, 0.3) is 6.08 Å². The first-order chi connectivity index (χ1) is 12.4. The van der Waals surface area contributed by atoms with E-state index in [1.54, 1.807) is 0 Å². The van der Waals surface area contributed by atoms with E-state index in [9.17, 15) is 4.79 Å². The second-order valence-electron chi connectivity index (χ2n) is 8.27. The highest BCUT2D eigenvalue weighted by molar-refractivity contribution is 14.1. The minimum Gasteiger partial charge on any atom is -0.480 e. The molecule has 1 aromatic rings. The third-order valence-electron chi connectivity index (χ3n) is 6.68. The lowest BCUT2D eigenvalue weighted by Crippen LogP contribution is -2.58. The number of hydrogen-bond acceptors (Lipinski definition) is 3. The lowest BCUT2D eigenvalue weighted by Gasteiger charge is -2.59. The molecule has 0 N–H and O–H groups in total. The van der Waals surface area contributed by atoms with Crippen molar-refractivity contribution in [3.05, 3.63) is 31.4 Å². The molecule has 0 saturated heterocycles. The number of rotatable bonds is 5. The van der Waals surface area contributed by atoms with Crippen LogP contribution in [0.15, 0.2) is 18.7 Å². The molecule has 0 aliphatic heterocycles. The molecule has 0 heterocycles. The molecular formula is C21H24I2O3. The van der Waals surface area contributed by atoms with Gasteiger partial charge in [0, 0.05) is 0 Å². The fourth-order valence-electron chi connectivity index (χ4n) is 5.53. The fraction of sp³-hybridized carbons (Fsp3) is 0.571. The maximum absolute atomic E-state index is 12.6. The van der Waals surface area contributed by atoms with Gasteiger partial charge in [0.25, 0.3) is 0 Å². The molecule has 4 fully saturated rings. The smallest absolute Gasteiger partial charge is 0.344 e. The van der Waals surface area contributed by atoms with E-state index in [2.05, 4.69) is 58.7 Å². The molecule has 4 saturated carbocycles. The van der Waals surface area contributed by atoms with Crippen LogP contribution in [-0.2, 0) is 9.53 Å². The van der Waals surface area contributed by atoms with E-state index in [0.717, 1.165) is 30.3 Å². The van der Waals surface area contributed by atoms with E-state index in [0.29, 0.717) is 11.8 Å². The molecule has 0 amide bonds. The molecule has 0 atom stereocenters. The monoisotopic (exact) mass is 578 g/mol. The summed E-state index contributed by atoms with van der Waals surface area (Å²) in [7, 11) is 0. The van der Waals surface area contributed by atoms with Crippen LogP contribution in [0.1, 0.15) is 44.6 Å². The summed E-state index contributed by atoms with van der Waals surface area (Å²) in [4.78, 5) is 12.6. The van der Waals surface area contributed by atoms with Gasteiger partial charge < -0.3 is 9.47 Å². The van der Waals surface area contributed by atoms with Gasteiger partial charge in [-0.3, -0.25) is 0 Å². The summed E-state index contributed by atoms with van der Waals surface area (Å²) in [5.41, 5.74) is 0.760. The molecule has 0 spiro atoms. The van der Waals surface area contributed by atoms with Gasteiger partial charge in [0.2, 0.25) is 0 Å². The predicted molar refractivity (Wildman–Crippen MR) is 119 cm³/mol. The molecule has 0 radical (unpaired) electrons. The van der Waals surface area contributed by atoms with E-state index in [1.807, 2.05) is 18.2 Å². The van der Waals surface area contributed by atoms with Crippen molar-refractivity contribution in [2.24, 2.45) is 23.7 Å². The molecule has 1 aromatic carbocycles. The second kappa shape index (κ2) is 7.26. The van der Waals surface area contributed by atoms with Crippen LogP contribution in [0.5, 0.6) is 5.75 Å². The van der Waals surface area contributed by atoms with Gasteiger partial charge in [0.15, 0.2) is 6.61 Å². The van der Waals surface area contributed by atoms with E-state index < -0.39 is 0 Å². The summed E-state index contributed by atoms with van der Waals surface area (Å²) < 4.78 is 13.9. The molecule has 0 aromatic heterocycles. The van der Waals surface area contributed by atoms with Crippen molar-refractivity contribution < 1.29 is 14.3 Å². The van der Waals surface area contributed by atoms with Crippen molar-refractivity contribution in [2.45, 2.75) is 44.6 Å². The molecule has 3 nitrogen and oxygen atoms in total. The number of hydrogen-bond donors (Lipinski definition) is 0. The Hall–Kier alpha value is -0.310. The van der Waals surface area contributed by atoms with E-state index in [-0.39, 0.29) is 18.2 Å². The molecule has 4 bridgehead atoms. The van der Waals surface area contributed by atoms with Crippen LogP contribution in [0.4, 0.5) is 0 Å². The maximum atomic E-state index is 12.6. The van der Waals surface area contributed by atoms with E-state index in [4.69, 9.17) is 9.47 Å². The van der Waals surface area contributed by atoms with Crippen LogP contribution in [0, 0.1) is 30.8 Å². The normalized spacial score (nSPS) is 34.6. The quantitative estimate of drug-likeness (QED) is 0.334. The summed E-state index contributed by atoms with van der Waals surface area (Å²) in [6.45, 7) is 5.95. The Morgan fingerprint density at radius 2 is 1.69 bits per heavy atom. The molecule has 26 heavy (non-hydrogen) atoms. The highest BCUT2D eigenvalue weighted by atomic mass is 127. The Bertz CT molecular complexity index is 692. The molecule has 4 aliphatic rings. The highest BCUT2D eigenvalue weighted by Gasteiger charge is 2.57. The Balaban J connectivity index is 1.41. The summed E-state index contributed by atoms with van der Waals surface area (Å²) >= 11 is 4.48. The molecule has 4 aliphatic carbocycles. The number of esters is 1. The minimum absolute atomic E-state index is 0.0265. The first kappa shape index (κ1) is 19.0. The Labute approximate surface area is 182 Å². The minimum atomic E-state index is -0.291. The topological polar surface area (TPSA) is 35.5 Å². The molecular weight excluding hydrogens is 554 g/mol. The van der Waals surface area contributed by atoms with Gasteiger partial charge in [-0.25, -0.2) is 4.79 Å². The number of carbonyl (C=O) groups excluding carboxylic acids is 1. The van der Waals surface area contributed by atoms with Crippen molar-refractivity contribution >= 4 is 57.2 Å². The molecule has 140 valence electrons. The zero-order chi connectivity index (χ0) is 18.5. The molecule has 5 rings (SSSR count). The SMILES string of the molecule is C=Cc1cc(I)c(OCC(=O)OC2(C)C3CC4CC(C3)CC2C4)c(I)c1. The number of halogens is 2. The first-order valence-electron chi connectivity index (χ1n) is 9.35. The highest BCUT2D eigenvalue weighted by Crippen LogP contribution is 2.59. The van der Waals surface area contributed by atoms with Gasteiger partial charge in [-0.1, -0.05) is 12.7 Å². The van der Waals surface area contributed by atoms with Crippen molar-refractivity contribution in [3.8, 4) is 5.75 Å². The maximum Gasteiger partial charge on any atom is 0.344 e. The van der Waals surface area contributed by atoms with E-state index in [1.165, 1.54) is 32.1 Å². The predicted octanol–water partition coefficient (Wildman–Crippen LogP) is 5.68. The average Bonchev–Trinajstić information content (AvgIpc) is 2.58.